The summed E-state index contributed by atoms with van der Waals surface area (Å²) in [5.41, 5.74) is 0.380. The Kier molecular flexibility index (Phi) is 6.30. The Labute approximate surface area is 143 Å². The molecule has 1 heterocycles. The third-order valence-electron chi connectivity index (χ3n) is 3.60. The molecular weight excluding hydrogens is 332 g/mol. The van der Waals surface area contributed by atoms with Crippen molar-refractivity contribution in [1.82, 2.24) is 5.32 Å². The van der Waals surface area contributed by atoms with Crippen LogP contribution in [0.3, 0.4) is 0 Å². The number of fused-ring (bicyclic) bond motifs is 1. The molecule has 8 heteroatoms. The van der Waals surface area contributed by atoms with Gasteiger partial charge in [-0.05, 0) is 18.6 Å². The molecule has 0 saturated heterocycles. The first kappa shape index (κ1) is 18.4. The highest BCUT2D eigenvalue weighted by Crippen LogP contribution is 2.34. The van der Waals surface area contributed by atoms with Gasteiger partial charge in [-0.25, -0.2) is 8.42 Å². The minimum Gasteiger partial charge on any atom is -0.486 e. The van der Waals surface area contributed by atoms with Crippen molar-refractivity contribution >= 4 is 21.6 Å². The third-order valence-corrected chi connectivity index (χ3v) is 4.74. The van der Waals surface area contributed by atoms with Gasteiger partial charge in [-0.1, -0.05) is 19.8 Å². The van der Waals surface area contributed by atoms with Crippen LogP contribution in [0.5, 0.6) is 11.5 Å². The van der Waals surface area contributed by atoms with Crippen molar-refractivity contribution in [3.8, 4) is 11.5 Å². The second-order valence-electron chi connectivity index (χ2n) is 5.65. The summed E-state index contributed by atoms with van der Waals surface area (Å²) in [7, 11) is -3.60. The number of anilines is 1. The molecule has 2 rings (SSSR count). The fourth-order valence-corrected chi connectivity index (χ4v) is 3.22. The van der Waals surface area contributed by atoms with Crippen LogP contribution in [0.2, 0.25) is 0 Å². The van der Waals surface area contributed by atoms with Crippen LogP contribution in [-0.2, 0) is 14.8 Å². The first-order valence-electron chi connectivity index (χ1n) is 8.06. The maximum Gasteiger partial charge on any atom is 0.240 e. The van der Waals surface area contributed by atoms with E-state index in [2.05, 4.69) is 12.2 Å². The lowest BCUT2D eigenvalue weighted by atomic mass is 10.2. The molecular formula is C16H24N2O5S. The number of rotatable bonds is 8. The van der Waals surface area contributed by atoms with Gasteiger partial charge >= 0.3 is 0 Å². The Balaban J connectivity index is 2.10. The van der Waals surface area contributed by atoms with Gasteiger partial charge in [-0.15, -0.1) is 0 Å². The molecule has 0 saturated carbocycles. The van der Waals surface area contributed by atoms with Gasteiger partial charge < -0.3 is 14.8 Å². The lowest BCUT2D eigenvalue weighted by Gasteiger charge is -2.24. The molecule has 0 spiro atoms. The van der Waals surface area contributed by atoms with Crippen LogP contribution in [-0.4, -0.2) is 46.9 Å². The number of amides is 1. The standard InChI is InChI=1S/C16H24N2O5S/c1-3-4-5-8-17-16(19)12-18(24(2,20)21)13-6-7-14-15(11-13)23-10-9-22-14/h6-7,11H,3-5,8-10,12H2,1-2H3,(H,17,19). The SMILES string of the molecule is CCCCCNC(=O)CN(c1ccc2c(c1)OCCO2)S(C)(=O)=O. The van der Waals surface area contributed by atoms with Crippen molar-refractivity contribution < 1.29 is 22.7 Å². The predicted molar refractivity (Wildman–Crippen MR) is 92.2 cm³/mol. The summed E-state index contributed by atoms with van der Waals surface area (Å²) >= 11 is 0. The molecule has 0 aliphatic carbocycles. The molecule has 1 aliphatic heterocycles. The molecule has 0 fully saturated rings. The maximum atomic E-state index is 12.1. The van der Waals surface area contributed by atoms with Crippen LogP contribution in [0.25, 0.3) is 0 Å². The molecule has 0 unspecified atom stereocenters. The number of benzene rings is 1. The molecule has 134 valence electrons. The normalized spacial score (nSPS) is 13.4. The van der Waals surface area contributed by atoms with Crippen molar-refractivity contribution in [3.63, 3.8) is 0 Å². The van der Waals surface area contributed by atoms with Gasteiger partial charge in [-0.2, -0.15) is 0 Å². The van der Waals surface area contributed by atoms with Crippen LogP contribution < -0.4 is 19.1 Å². The van der Waals surface area contributed by atoms with E-state index in [4.69, 9.17) is 9.47 Å². The van der Waals surface area contributed by atoms with E-state index in [1.54, 1.807) is 18.2 Å². The summed E-state index contributed by atoms with van der Waals surface area (Å²) in [4.78, 5) is 12.1. The number of nitrogens with zero attached hydrogens (tertiary/aromatic N) is 1. The number of carbonyl (C=O) groups excluding carboxylic acids is 1. The van der Waals surface area contributed by atoms with Crippen molar-refractivity contribution in [2.75, 3.05) is 36.9 Å². The maximum absolute atomic E-state index is 12.1. The molecule has 1 amide bonds. The zero-order valence-electron chi connectivity index (χ0n) is 14.1. The number of unbranched alkanes of at least 4 members (excludes halogenated alkanes) is 2. The highest BCUT2D eigenvalue weighted by Gasteiger charge is 2.23. The third kappa shape index (κ3) is 5.02. The largest absolute Gasteiger partial charge is 0.486 e. The average molecular weight is 356 g/mol. The van der Waals surface area contributed by atoms with Crippen LogP contribution in [0.1, 0.15) is 26.2 Å². The summed E-state index contributed by atoms with van der Waals surface area (Å²) in [5.74, 6) is 0.727. The Morgan fingerprint density at radius 2 is 1.92 bits per heavy atom. The number of hydrogen-bond acceptors (Lipinski definition) is 5. The van der Waals surface area contributed by atoms with Crippen LogP contribution in [0.4, 0.5) is 5.69 Å². The van der Waals surface area contributed by atoms with E-state index in [0.717, 1.165) is 29.8 Å². The first-order valence-corrected chi connectivity index (χ1v) is 9.90. The number of sulfonamides is 1. The Hall–Kier alpha value is -1.96. The van der Waals surface area contributed by atoms with Crippen molar-refractivity contribution in [1.29, 1.82) is 0 Å². The van der Waals surface area contributed by atoms with E-state index in [1.807, 2.05) is 0 Å². The molecule has 0 bridgehead atoms. The average Bonchev–Trinajstić information content (AvgIpc) is 2.55. The van der Waals surface area contributed by atoms with E-state index >= 15 is 0 Å². The summed E-state index contributed by atoms with van der Waals surface area (Å²) in [5, 5.41) is 2.75. The summed E-state index contributed by atoms with van der Waals surface area (Å²) in [6, 6.07) is 4.85. The van der Waals surface area contributed by atoms with Gasteiger partial charge in [0.15, 0.2) is 11.5 Å². The van der Waals surface area contributed by atoms with E-state index < -0.39 is 10.0 Å². The molecule has 0 atom stereocenters. The van der Waals surface area contributed by atoms with Crippen LogP contribution >= 0.6 is 0 Å². The van der Waals surface area contributed by atoms with E-state index in [-0.39, 0.29) is 12.5 Å². The van der Waals surface area contributed by atoms with Crippen LogP contribution in [0, 0.1) is 0 Å². The zero-order chi connectivity index (χ0) is 17.6. The van der Waals surface area contributed by atoms with Gasteiger partial charge in [0, 0.05) is 12.6 Å². The number of nitrogens with one attached hydrogen (secondary N) is 1. The van der Waals surface area contributed by atoms with Gasteiger partial charge in [0.2, 0.25) is 15.9 Å². The second kappa shape index (κ2) is 8.23. The monoisotopic (exact) mass is 356 g/mol. The molecule has 0 radical (unpaired) electrons. The Morgan fingerprint density at radius 1 is 1.21 bits per heavy atom. The minimum absolute atomic E-state index is 0.259. The molecule has 1 aliphatic rings. The lowest BCUT2D eigenvalue weighted by Crippen LogP contribution is -2.40. The minimum atomic E-state index is -3.60. The number of carbonyl (C=O) groups is 1. The van der Waals surface area contributed by atoms with Gasteiger partial charge in [0.05, 0.1) is 11.9 Å². The van der Waals surface area contributed by atoms with E-state index in [9.17, 15) is 13.2 Å². The van der Waals surface area contributed by atoms with Gasteiger partial charge in [0.25, 0.3) is 0 Å². The van der Waals surface area contributed by atoms with Crippen LogP contribution in [0.15, 0.2) is 18.2 Å². The smallest absolute Gasteiger partial charge is 0.240 e. The Morgan fingerprint density at radius 3 is 2.58 bits per heavy atom. The molecule has 24 heavy (non-hydrogen) atoms. The zero-order valence-corrected chi connectivity index (χ0v) is 14.9. The quantitative estimate of drug-likeness (QED) is 0.714. The van der Waals surface area contributed by atoms with Gasteiger partial charge in [-0.3, -0.25) is 9.10 Å². The van der Waals surface area contributed by atoms with E-state index in [0.29, 0.717) is 36.9 Å². The predicted octanol–water partition coefficient (Wildman–Crippen LogP) is 1.53. The van der Waals surface area contributed by atoms with Crippen molar-refractivity contribution in [3.05, 3.63) is 18.2 Å². The number of ether oxygens (including phenoxy) is 2. The molecule has 0 aromatic heterocycles. The first-order chi connectivity index (χ1) is 11.4. The topological polar surface area (TPSA) is 84.9 Å². The highest BCUT2D eigenvalue weighted by atomic mass is 32.2. The molecule has 1 N–H and O–H groups in total. The second-order valence-corrected chi connectivity index (χ2v) is 7.56. The molecule has 1 aromatic carbocycles. The number of hydrogen-bond donors (Lipinski definition) is 1. The molecule has 1 aromatic rings. The summed E-state index contributed by atoms with van der Waals surface area (Å²) in [6.45, 7) is 3.24. The summed E-state index contributed by atoms with van der Waals surface area (Å²) < 4.78 is 36.1. The van der Waals surface area contributed by atoms with Gasteiger partial charge in [0.1, 0.15) is 19.8 Å². The van der Waals surface area contributed by atoms with Crippen molar-refractivity contribution in [2.45, 2.75) is 26.2 Å². The van der Waals surface area contributed by atoms with E-state index in [1.165, 1.54) is 0 Å². The summed E-state index contributed by atoms with van der Waals surface area (Å²) in [6.07, 6.45) is 4.04. The molecule has 7 nitrogen and oxygen atoms in total. The fourth-order valence-electron chi connectivity index (χ4n) is 2.38. The Bertz CT molecular complexity index is 675. The highest BCUT2D eigenvalue weighted by molar-refractivity contribution is 7.92. The fraction of sp³-hybridized carbons (Fsp3) is 0.562. The van der Waals surface area contributed by atoms with Crippen molar-refractivity contribution in [2.24, 2.45) is 0 Å². The lowest BCUT2D eigenvalue weighted by molar-refractivity contribution is -0.119.